The molecular weight excluding hydrogens is 512 g/mol. The minimum Gasteiger partial charge on any atom is -0.495 e. The number of ether oxygens (including phenoxy) is 1. The van der Waals surface area contributed by atoms with Crippen molar-refractivity contribution in [1.29, 1.82) is 0 Å². The second kappa shape index (κ2) is 7.27. The molecule has 0 bridgehead atoms. The molecule has 114 valence electrons. The number of halogens is 2. The van der Waals surface area contributed by atoms with Gasteiger partial charge < -0.3 is 15.2 Å². The molecule has 0 radical (unpaired) electrons. The molecule has 0 aliphatic rings. The van der Waals surface area contributed by atoms with Gasteiger partial charge in [0.25, 0.3) is 5.91 Å². The molecule has 5 nitrogen and oxygen atoms in total. The van der Waals surface area contributed by atoms with E-state index in [1.165, 1.54) is 25.3 Å². The second-order valence-corrected chi connectivity index (χ2v) is 6.71. The zero-order chi connectivity index (χ0) is 16.3. The number of carbonyl (C=O) groups is 2. The van der Waals surface area contributed by atoms with E-state index in [0.717, 1.165) is 7.14 Å². The highest BCUT2D eigenvalue weighted by atomic mass is 127. The van der Waals surface area contributed by atoms with E-state index in [9.17, 15) is 9.59 Å². The van der Waals surface area contributed by atoms with Gasteiger partial charge >= 0.3 is 5.97 Å². The van der Waals surface area contributed by atoms with E-state index in [0.29, 0.717) is 17.0 Å². The van der Waals surface area contributed by atoms with Crippen LogP contribution in [0, 0.1) is 7.14 Å². The lowest BCUT2D eigenvalue weighted by Crippen LogP contribution is -2.15. The molecule has 0 heterocycles. The highest BCUT2D eigenvalue weighted by molar-refractivity contribution is 14.1. The summed E-state index contributed by atoms with van der Waals surface area (Å²) >= 11 is 4.21. The first-order valence-corrected chi connectivity index (χ1v) is 8.26. The summed E-state index contributed by atoms with van der Waals surface area (Å²) < 4.78 is 6.91. The van der Waals surface area contributed by atoms with Crippen molar-refractivity contribution in [2.24, 2.45) is 0 Å². The van der Waals surface area contributed by atoms with Gasteiger partial charge in [0.05, 0.1) is 23.9 Å². The molecule has 0 saturated carbocycles. The van der Waals surface area contributed by atoms with Gasteiger partial charge in [-0.2, -0.15) is 0 Å². The predicted molar refractivity (Wildman–Crippen MR) is 99.8 cm³/mol. The van der Waals surface area contributed by atoms with E-state index in [-0.39, 0.29) is 11.5 Å². The Morgan fingerprint density at radius 3 is 2.50 bits per heavy atom. The molecule has 0 spiro atoms. The van der Waals surface area contributed by atoms with E-state index in [2.05, 4.69) is 50.5 Å². The quantitative estimate of drug-likeness (QED) is 0.598. The maximum atomic E-state index is 12.4. The number of carboxylic acid groups (broad SMARTS) is 1. The summed E-state index contributed by atoms with van der Waals surface area (Å²) in [7, 11) is 1.46. The number of anilines is 1. The summed E-state index contributed by atoms with van der Waals surface area (Å²) in [6.07, 6.45) is 0. The fourth-order valence-corrected chi connectivity index (χ4v) is 2.87. The third-order valence-electron chi connectivity index (χ3n) is 2.87. The Balaban J connectivity index is 2.36. The summed E-state index contributed by atoms with van der Waals surface area (Å²) in [5.41, 5.74) is 0.922. The van der Waals surface area contributed by atoms with Crippen molar-refractivity contribution in [1.82, 2.24) is 0 Å². The normalized spacial score (nSPS) is 10.1. The van der Waals surface area contributed by atoms with Crippen LogP contribution in [0.1, 0.15) is 20.7 Å². The van der Waals surface area contributed by atoms with Crippen LogP contribution in [-0.4, -0.2) is 24.1 Å². The van der Waals surface area contributed by atoms with E-state index in [1.54, 1.807) is 6.07 Å². The smallest absolute Gasteiger partial charge is 0.335 e. The second-order valence-electron chi connectivity index (χ2n) is 4.30. The maximum Gasteiger partial charge on any atom is 0.335 e. The molecule has 0 saturated heterocycles. The molecule has 0 aliphatic carbocycles. The van der Waals surface area contributed by atoms with Crippen LogP contribution >= 0.6 is 45.2 Å². The van der Waals surface area contributed by atoms with Gasteiger partial charge in [0.1, 0.15) is 5.75 Å². The van der Waals surface area contributed by atoms with Crippen LogP contribution in [0.25, 0.3) is 0 Å². The summed E-state index contributed by atoms with van der Waals surface area (Å²) in [5.74, 6) is -0.982. The third-order valence-corrected chi connectivity index (χ3v) is 4.48. The lowest BCUT2D eigenvalue weighted by molar-refractivity contribution is 0.0696. The van der Waals surface area contributed by atoms with E-state index in [1.807, 2.05) is 12.1 Å². The Labute approximate surface area is 154 Å². The largest absolute Gasteiger partial charge is 0.495 e. The molecule has 0 fully saturated rings. The highest BCUT2D eigenvalue weighted by Crippen LogP contribution is 2.27. The molecule has 0 aromatic heterocycles. The SMILES string of the molecule is COc1ccc(C(=O)O)cc1NC(=O)c1cc(I)ccc1I. The van der Waals surface area contributed by atoms with Crippen LogP contribution in [0.5, 0.6) is 5.75 Å². The van der Waals surface area contributed by atoms with Crippen molar-refractivity contribution >= 4 is 62.7 Å². The van der Waals surface area contributed by atoms with E-state index < -0.39 is 5.97 Å². The maximum absolute atomic E-state index is 12.4. The summed E-state index contributed by atoms with van der Waals surface area (Å²) in [6, 6.07) is 9.84. The van der Waals surface area contributed by atoms with Crippen LogP contribution in [0.3, 0.4) is 0 Å². The first-order chi connectivity index (χ1) is 10.4. The van der Waals surface area contributed by atoms with Crippen LogP contribution in [0.4, 0.5) is 5.69 Å². The molecule has 2 aromatic carbocycles. The zero-order valence-corrected chi connectivity index (χ0v) is 15.7. The lowest BCUT2D eigenvalue weighted by atomic mass is 10.1. The Kier molecular flexibility index (Phi) is 5.62. The predicted octanol–water partition coefficient (Wildman–Crippen LogP) is 3.85. The number of carboxylic acids is 1. The number of amides is 1. The van der Waals surface area contributed by atoms with Crippen molar-refractivity contribution in [3.8, 4) is 5.75 Å². The topological polar surface area (TPSA) is 75.6 Å². The molecule has 7 heteroatoms. The number of nitrogens with one attached hydrogen (secondary N) is 1. The summed E-state index contributed by atoms with van der Waals surface area (Å²) in [4.78, 5) is 23.5. The van der Waals surface area contributed by atoms with Crippen LogP contribution in [0.2, 0.25) is 0 Å². The third kappa shape index (κ3) is 3.88. The van der Waals surface area contributed by atoms with Crippen molar-refractivity contribution in [2.75, 3.05) is 12.4 Å². The molecule has 22 heavy (non-hydrogen) atoms. The van der Waals surface area contributed by atoms with Crippen molar-refractivity contribution < 1.29 is 19.4 Å². The van der Waals surface area contributed by atoms with Gasteiger partial charge in [-0.1, -0.05) is 0 Å². The van der Waals surface area contributed by atoms with E-state index >= 15 is 0 Å². The first-order valence-electron chi connectivity index (χ1n) is 6.10. The Hall–Kier alpha value is -1.36. The minimum atomic E-state index is -1.07. The van der Waals surface area contributed by atoms with Crippen molar-refractivity contribution in [2.45, 2.75) is 0 Å². The summed E-state index contributed by atoms with van der Waals surface area (Å²) in [5, 5.41) is 11.8. The Bertz CT molecular complexity index is 746. The van der Waals surface area contributed by atoms with Gasteiger partial charge in [-0.05, 0) is 81.6 Å². The molecule has 2 N–H and O–H groups in total. The van der Waals surface area contributed by atoms with Gasteiger partial charge in [-0.15, -0.1) is 0 Å². The molecule has 2 rings (SSSR count). The standard InChI is InChI=1S/C15H11I2NO4/c1-22-13-5-2-8(15(20)21)6-12(13)18-14(19)10-7-9(16)3-4-11(10)17/h2-7H,1H3,(H,18,19)(H,20,21). The molecular formula is C15H11I2NO4. The van der Waals surface area contributed by atoms with Gasteiger partial charge in [-0.3, -0.25) is 4.79 Å². The molecule has 0 atom stereocenters. The van der Waals surface area contributed by atoms with Crippen molar-refractivity contribution in [3.63, 3.8) is 0 Å². The Morgan fingerprint density at radius 1 is 1.14 bits per heavy atom. The minimum absolute atomic E-state index is 0.0773. The molecule has 1 amide bonds. The number of hydrogen-bond donors (Lipinski definition) is 2. The van der Waals surface area contributed by atoms with Crippen LogP contribution < -0.4 is 10.1 Å². The number of hydrogen-bond acceptors (Lipinski definition) is 3. The highest BCUT2D eigenvalue weighted by Gasteiger charge is 2.15. The lowest BCUT2D eigenvalue weighted by Gasteiger charge is -2.12. The Morgan fingerprint density at radius 2 is 1.86 bits per heavy atom. The monoisotopic (exact) mass is 523 g/mol. The number of benzene rings is 2. The zero-order valence-electron chi connectivity index (χ0n) is 11.4. The average Bonchev–Trinajstić information content (AvgIpc) is 2.49. The number of methoxy groups -OCH3 is 1. The molecule has 0 aliphatic heterocycles. The van der Waals surface area contributed by atoms with Crippen molar-refractivity contribution in [3.05, 3.63) is 54.7 Å². The fourth-order valence-electron chi connectivity index (χ4n) is 1.80. The van der Waals surface area contributed by atoms with Gasteiger partial charge in [0.15, 0.2) is 0 Å². The van der Waals surface area contributed by atoms with Gasteiger partial charge in [0.2, 0.25) is 0 Å². The average molecular weight is 523 g/mol. The van der Waals surface area contributed by atoms with Crippen LogP contribution in [-0.2, 0) is 0 Å². The summed E-state index contributed by atoms with van der Waals surface area (Å²) in [6.45, 7) is 0. The fraction of sp³-hybridized carbons (Fsp3) is 0.0667. The molecule has 0 unspecified atom stereocenters. The van der Waals surface area contributed by atoms with Crippen LogP contribution in [0.15, 0.2) is 36.4 Å². The number of carbonyl (C=O) groups excluding carboxylic acids is 1. The molecule has 2 aromatic rings. The van der Waals surface area contributed by atoms with Gasteiger partial charge in [0, 0.05) is 7.14 Å². The number of aromatic carboxylic acids is 1. The van der Waals surface area contributed by atoms with E-state index in [4.69, 9.17) is 9.84 Å². The van der Waals surface area contributed by atoms with Gasteiger partial charge in [-0.25, -0.2) is 4.79 Å². The first kappa shape index (κ1) is 17.0. The number of rotatable bonds is 4.